The number of fused-ring (bicyclic) bond motifs is 2. The third-order valence-electron chi connectivity index (χ3n) is 6.76. The van der Waals surface area contributed by atoms with E-state index in [1.807, 2.05) is 25.1 Å². The Morgan fingerprint density at radius 2 is 2.13 bits per heavy atom. The van der Waals surface area contributed by atoms with E-state index in [-0.39, 0.29) is 23.1 Å². The van der Waals surface area contributed by atoms with Gasteiger partial charge in [-0.05, 0) is 55.6 Å². The number of aromatic nitrogens is 6. The van der Waals surface area contributed by atoms with E-state index in [0.29, 0.717) is 28.9 Å². The Morgan fingerprint density at radius 1 is 1.26 bits per heavy atom. The van der Waals surface area contributed by atoms with Crippen molar-refractivity contribution in [1.29, 1.82) is 0 Å². The van der Waals surface area contributed by atoms with Crippen LogP contribution < -0.4 is 9.62 Å². The number of hydrogen-bond acceptors (Lipinski definition) is 10. The molecule has 0 amide bonds. The highest BCUT2D eigenvalue weighted by atomic mass is 35.5. The molecule has 5 aromatic heterocycles. The van der Waals surface area contributed by atoms with Crippen molar-refractivity contribution in [2.24, 2.45) is 5.92 Å². The van der Waals surface area contributed by atoms with Crippen LogP contribution in [0.1, 0.15) is 24.8 Å². The van der Waals surface area contributed by atoms with Crippen LogP contribution in [0.3, 0.4) is 0 Å². The molecule has 0 aliphatic carbocycles. The lowest BCUT2D eigenvalue weighted by molar-refractivity contribution is 0.394. The van der Waals surface area contributed by atoms with Crippen molar-refractivity contribution in [3.63, 3.8) is 0 Å². The lowest BCUT2D eigenvalue weighted by Crippen LogP contribution is -2.31. The zero-order valence-corrected chi connectivity index (χ0v) is 23.6. The van der Waals surface area contributed by atoms with Gasteiger partial charge in [0.1, 0.15) is 16.4 Å². The highest BCUT2D eigenvalue weighted by Crippen LogP contribution is 2.38. The first-order valence-electron chi connectivity index (χ1n) is 12.4. The molecule has 1 aliphatic rings. The van der Waals surface area contributed by atoms with Gasteiger partial charge in [-0.2, -0.15) is 0 Å². The zero-order valence-electron chi connectivity index (χ0n) is 21.2. The first-order valence-corrected chi connectivity index (χ1v) is 15.1. The summed E-state index contributed by atoms with van der Waals surface area (Å²) in [5.74, 6) is 1.07. The predicted molar refractivity (Wildman–Crippen MR) is 149 cm³/mol. The van der Waals surface area contributed by atoms with Crippen LogP contribution in [0.4, 0.5) is 5.82 Å². The van der Waals surface area contributed by atoms with E-state index in [4.69, 9.17) is 26.1 Å². The zero-order chi connectivity index (χ0) is 27.1. The average Bonchev–Trinajstić information content (AvgIpc) is 3.66. The van der Waals surface area contributed by atoms with Crippen LogP contribution >= 0.6 is 23.4 Å². The SMILES string of the molecule is CCc1[nH]c2nc(Sc3cnc4cccnc4c3)nc(N3CCC(CNS(=O)(=O)c4cnoc4C)C3)c2c1Cl. The van der Waals surface area contributed by atoms with Gasteiger partial charge in [-0.1, -0.05) is 23.7 Å². The first kappa shape index (κ1) is 26.0. The normalized spacial score (nSPS) is 16.1. The van der Waals surface area contributed by atoms with Crippen molar-refractivity contribution in [2.75, 3.05) is 24.5 Å². The number of sulfonamides is 1. The maximum atomic E-state index is 12.7. The summed E-state index contributed by atoms with van der Waals surface area (Å²) in [7, 11) is -3.71. The van der Waals surface area contributed by atoms with Crippen LogP contribution in [-0.4, -0.2) is 58.1 Å². The lowest BCUT2D eigenvalue weighted by Gasteiger charge is -2.19. The van der Waals surface area contributed by atoms with Crippen LogP contribution in [0.2, 0.25) is 5.02 Å². The number of nitrogens with one attached hydrogen (secondary N) is 2. The molecule has 2 N–H and O–H groups in total. The Labute approximate surface area is 233 Å². The van der Waals surface area contributed by atoms with Gasteiger partial charge in [-0.25, -0.2) is 23.1 Å². The molecule has 0 bridgehead atoms. The summed E-state index contributed by atoms with van der Waals surface area (Å²) in [4.78, 5) is 25.0. The standard InChI is InChI=1S/C25H25ClN8O3S2/c1-3-17-22(26)21-23(31-17)32-25(38-16-9-19-18(28-11-16)5-4-7-27-19)33-24(21)34-8-6-15(13-34)10-30-39(35,36)20-12-29-37-14(20)2/h4-5,7,9,11-12,15,30H,3,6,8,10,13H2,1-2H3,(H,31,32,33). The summed E-state index contributed by atoms with van der Waals surface area (Å²) in [6.07, 6.45) is 6.27. The van der Waals surface area contributed by atoms with E-state index >= 15 is 0 Å². The minimum absolute atomic E-state index is 0.0566. The molecule has 1 unspecified atom stereocenters. The second-order valence-electron chi connectivity index (χ2n) is 9.34. The maximum absolute atomic E-state index is 12.7. The van der Waals surface area contributed by atoms with E-state index in [2.05, 4.69) is 29.7 Å². The molecule has 1 fully saturated rings. The fourth-order valence-corrected chi connectivity index (χ4v) is 7.05. The Hall–Kier alpha value is -3.26. The third-order valence-corrected chi connectivity index (χ3v) is 9.52. The topological polar surface area (TPSA) is 143 Å². The van der Waals surface area contributed by atoms with Crippen molar-refractivity contribution in [2.45, 2.75) is 41.6 Å². The number of nitrogens with zero attached hydrogens (tertiary/aromatic N) is 6. The summed E-state index contributed by atoms with van der Waals surface area (Å²) in [5.41, 5.74) is 3.18. The van der Waals surface area contributed by atoms with Gasteiger partial charge in [0.05, 0.1) is 27.6 Å². The lowest BCUT2D eigenvalue weighted by atomic mass is 10.1. The molecule has 202 valence electrons. The molecule has 5 aromatic rings. The molecule has 0 spiro atoms. The first-order chi connectivity index (χ1) is 18.8. The van der Waals surface area contributed by atoms with Gasteiger partial charge >= 0.3 is 0 Å². The van der Waals surface area contributed by atoms with E-state index in [1.54, 1.807) is 19.3 Å². The molecule has 0 radical (unpaired) electrons. The van der Waals surface area contributed by atoms with Gasteiger partial charge in [0.25, 0.3) is 0 Å². The van der Waals surface area contributed by atoms with Gasteiger partial charge < -0.3 is 14.4 Å². The Bertz CT molecular complexity index is 1790. The summed E-state index contributed by atoms with van der Waals surface area (Å²) in [6, 6.07) is 5.74. The molecule has 6 heterocycles. The average molecular weight is 585 g/mol. The second kappa shape index (κ2) is 10.4. The number of hydrogen-bond donors (Lipinski definition) is 2. The van der Waals surface area contributed by atoms with Crippen molar-refractivity contribution in [3.8, 4) is 0 Å². The number of H-pyrrole nitrogens is 1. The van der Waals surface area contributed by atoms with Crippen LogP contribution in [-0.2, 0) is 16.4 Å². The molecule has 11 nitrogen and oxygen atoms in total. The largest absolute Gasteiger partial charge is 0.360 e. The monoisotopic (exact) mass is 584 g/mol. The van der Waals surface area contributed by atoms with Crippen LogP contribution in [0.15, 0.2) is 56.3 Å². The van der Waals surface area contributed by atoms with Crippen LogP contribution in [0.5, 0.6) is 0 Å². The summed E-state index contributed by atoms with van der Waals surface area (Å²) in [5, 5.41) is 5.52. The van der Waals surface area contributed by atoms with Crippen molar-refractivity contribution in [1.82, 2.24) is 34.8 Å². The molecular weight excluding hydrogens is 560 g/mol. The summed E-state index contributed by atoms with van der Waals surface area (Å²) >= 11 is 8.18. The highest BCUT2D eigenvalue weighted by molar-refractivity contribution is 7.99. The Balaban J connectivity index is 1.27. The van der Waals surface area contributed by atoms with Gasteiger partial charge in [-0.15, -0.1) is 0 Å². The van der Waals surface area contributed by atoms with E-state index in [1.165, 1.54) is 18.0 Å². The molecule has 1 aliphatic heterocycles. The smallest absolute Gasteiger partial charge is 0.245 e. The summed E-state index contributed by atoms with van der Waals surface area (Å²) in [6.45, 7) is 5.22. The Morgan fingerprint density at radius 3 is 2.92 bits per heavy atom. The quantitative estimate of drug-likeness (QED) is 0.252. The molecule has 1 saturated heterocycles. The van der Waals surface area contributed by atoms with Crippen molar-refractivity contribution < 1.29 is 12.9 Å². The van der Waals surface area contributed by atoms with Gasteiger partial charge in [-0.3, -0.25) is 9.97 Å². The minimum Gasteiger partial charge on any atom is -0.360 e. The van der Waals surface area contributed by atoms with Gasteiger partial charge in [0.2, 0.25) is 10.0 Å². The van der Waals surface area contributed by atoms with Gasteiger partial charge in [0.15, 0.2) is 10.9 Å². The number of pyridine rings is 2. The number of aryl methyl sites for hydroxylation is 2. The molecule has 6 rings (SSSR count). The number of anilines is 1. The minimum atomic E-state index is -3.71. The van der Waals surface area contributed by atoms with Crippen LogP contribution in [0, 0.1) is 12.8 Å². The van der Waals surface area contributed by atoms with Crippen molar-refractivity contribution >= 4 is 61.3 Å². The van der Waals surface area contributed by atoms with E-state index < -0.39 is 10.0 Å². The fourth-order valence-electron chi connectivity index (χ4n) is 4.73. The maximum Gasteiger partial charge on any atom is 0.245 e. The number of aromatic amines is 1. The Kier molecular flexibility index (Phi) is 6.91. The number of halogens is 1. The van der Waals surface area contributed by atoms with E-state index in [0.717, 1.165) is 45.7 Å². The van der Waals surface area contributed by atoms with Gasteiger partial charge in [0, 0.05) is 42.6 Å². The molecular formula is C25H25ClN8O3S2. The molecule has 1 atom stereocenters. The second-order valence-corrected chi connectivity index (χ2v) is 12.5. The van der Waals surface area contributed by atoms with Crippen LogP contribution in [0.25, 0.3) is 22.1 Å². The summed E-state index contributed by atoms with van der Waals surface area (Å²) < 4.78 is 33.0. The highest BCUT2D eigenvalue weighted by Gasteiger charge is 2.30. The predicted octanol–water partition coefficient (Wildman–Crippen LogP) is 4.37. The molecule has 39 heavy (non-hydrogen) atoms. The molecule has 0 aromatic carbocycles. The third kappa shape index (κ3) is 5.07. The van der Waals surface area contributed by atoms with E-state index in [9.17, 15) is 8.42 Å². The molecule has 0 saturated carbocycles. The van der Waals surface area contributed by atoms with Crippen molar-refractivity contribution in [3.05, 3.63) is 53.3 Å². The molecule has 14 heteroatoms. The number of rotatable bonds is 8. The fraction of sp³-hybridized carbons (Fsp3) is 0.320.